The van der Waals surface area contributed by atoms with E-state index >= 15 is 0 Å². The summed E-state index contributed by atoms with van der Waals surface area (Å²) in [7, 11) is 0. The number of unbranched alkanes of at least 4 members (excludes halogenated alkanes) is 3. The number of halogens is 2. The Morgan fingerprint density at radius 1 is 0.523 bits per heavy atom. The predicted molar refractivity (Wildman–Crippen MR) is 187 cm³/mol. The van der Waals surface area contributed by atoms with Crippen molar-refractivity contribution < 1.29 is 0 Å². The molecule has 2 aliphatic carbocycles. The second kappa shape index (κ2) is 14.6. The van der Waals surface area contributed by atoms with Gasteiger partial charge in [0.25, 0.3) is 0 Å². The van der Waals surface area contributed by atoms with Gasteiger partial charge in [-0.3, -0.25) is 0 Å². The molecule has 44 heavy (non-hydrogen) atoms. The Kier molecular flexibility index (Phi) is 10.4. The van der Waals surface area contributed by atoms with Crippen LogP contribution in [0.15, 0.2) is 84.9 Å². The van der Waals surface area contributed by atoms with Gasteiger partial charge < -0.3 is 10.6 Å². The molecule has 0 amide bonds. The molecule has 4 atom stereocenters. The van der Waals surface area contributed by atoms with Crippen LogP contribution < -0.4 is 10.6 Å². The molecular weight excluding hydrogens is 579 g/mol. The van der Waals surface area contributed by atoms with Crippen LogP contribution in [0.5, 0.6) is 0 Å². The quantitative estimate of drug-likeness (QED) is 0.162. The SMILES string of the molecule is Cc1ccc(C2CCC(NCCCCCCNC3CCC(c4ccc(Cl)c(Cl)c4)c4ccccc43)c3ccccc32)cc1C. The summed E-state index contributed by atoms with van der Waals surface area (Å²) in [5.41, 5.74) is 11.4. The third-order valence-corrected chi connectivity index (χ3v) is 10.9. The first-order valence-electron chi connectivity index (χ1n) is 16.7. The highest BCUT2D eigenvalue weighted by Crippen LogP contribution is 2.43. The van der Waals surface area contributed by atoms with E-state index in [1.807, 2.05) is 12.1 Å². The summed E-state index contributed by atoms with van der Waals surface area (Å²) in [5.74, 6) is 0.884. The summed E-state index contributed by atoms with van der Waals surface area (Å²) in [6, 6.07) is 32.1. The number of nitrogens with one attached hydrogen (secondary N) is 2. The Morgan fingerprint density at radius 3 is 1.55 bits per heavy atom. The maximum atomic E-state index is 6.36. The van der Waals surface area contributed by atoms with Gasteiger partial charge in [-0.05, 0) is 122 Å². The lowest BCUT2D eigenvalue weighted by molar-refractivity contribution is 0.422. The van der Waals surface area contributed by atoms with Gasteiger partial charge in [0.1, 0.15) is 0 Å². The van der Waals surface area contributed by atoms with Crippen LogP contribution in [0.25, 0.3) is 0 Å². The monoisotopic (exact) mass is 624 g/mol. The van der Waals surface area contributed by atoms with E-state index in [1.54, 1.807) is 0 Å². The van der Waals surface area contributed by atoms with E-state index in [9.17, 15) is 0 Å². The van der Waals surface area contributed by atoms with Gasteiger partial charge in [0.2, 0.25) is 0 Å². The number of aryl methyl sites for hydroxylation is 2. The first-order chi connectivity index (χ1) is 21.5. The Bertz CT molecular complexity index is 1450. The van der Waals surface area contributed by atoms with Crippen LogP contribution in [0.3, 0.4) is 0 Å². The maximum absolute atomic E-state index is 6.36. The summed E-state index contributed by atoms with van der Waals surface area (Å²) in [4.78, 5) is 0. The van der Waals surface area contributed by atoms with Crippen molar-refractivity contribution in [2.45, 2.75) is 89.1 Å². The fourth-order valence-corrected chi connectivity index (χ4v) is 7.87. The van der Waals surface area contributed by atoms with Crippen LogP contribution in [-0.4, -0.2) is 13.1 Å². The maximum Gasteiger partial charge on any atom is 0.0595 e. The van der Waals surface area contributed by atoms with E-state index in [1.165, 1.54) is 83.0 Å². The third-order valence-electron chi connectivity index (χ3n) is 10.1. The first kappa shape index (κ1) is 31.4. The van der Waals surface area contributed by atoms with Crippen molar-refractivity contribution in [1.29, 1.82) is 0 Å². The fraction of sp³-hybridized carbons (Fsp3) is 0.400. The molecule has 4 aromatic carbocycles. The summed E-state index contributed by atoms with van der Waals surface area (Å²) in [6.07, 6.45) is 9.66. The Hall–Kier alpha value is -2.62. The van der Waals surface area contributed by atoms with Gasteiger partial charge in [0, 0.05) is 23.9 Å². The molecule has 0 heterocycles. The van der Waals surface area contributed by atoms with Crippen molar-refractivity contribution in [2.24, 2.45) is 0 Å². The molecule has 0 bridgehead atoms. The van der Waals surface area contributed by atoms with Crippen LogP contribution in [0, 0.1) is 13.8 Å². The molecule has 4 aromatic rings. The van der Waals surface area contributed by atoms with E-state index in [2.05, 4.69) is 97.3 Å². The number of hydrogen-bond acceptors (Lipinski definition) is 2. The van der Waals surface area contributed by atoms with E-state index in [-0.39, 0.29) is 0 Å². The second-order valence-corrected chi connectivity index (χ2v) is 13.8. The van der Waals surface area contributed by atoms with Crippen LogP contribution >= 0.6 is 23.2 Å². The smallest absolute Gasteiger partial charge is 0.0595 e. The van der Waals surface area contributed by atoms with Gasteiger partial charge >= 0.3 is 0 Å². The lowest BCUT2D eigenvalue weighted by Gasteiger charge is -2.33. The zero-order chi connectivity index (χ0) is 30.5. The van der Waals surface area contributed by atoms with Gasteiger partial charge in [-0.2, -0.15) is 0 Å². The van der Waals surface area contributed by atoms with Crippen molar-refractivity contribution in [1.82, 2.24) is 10.6 Å². The molecule has 0 radical (unpaired) electrons. The van der Waals surface area contributed by atoms with Gasteiger partial charge in [-0.15, -0.1) is 0 Å². The molecule has 230 valence electrons. The van der Waals surface area contributed by atoms with Gasteiger partial charge in [0.15, 0.2) is 0 Å². The summed E-state index contributed by atoms with van der Waals surface area (Å²) in [6.45, 7) is 6.60. The molecule has 4 heteroatoms. The highest BCUT2D eigenvalue weighted by atomic mass is 35.5. The van der Waals surface area contributed by atoms with Crippen LogP contribution in [-0.2, 0) is 0 Å². The molecule has 0 saturated heterocycles. The fourth-order valence-electron chi connectivity index (χ4n) is 7.56. The number of benzene rings is 4. The Balaban J connectivity index is 0.944. The molecule has 6 rings (SSSR count). The molecule has 0 spiro atoms. The van der Waals surface area contributed by atoms with E-state index in [0.717, 1.165) is 25.9 Å². The molecule has 0 aliphatic heterocycles. The molecule has 4 unspecified atom stereocenters. The lowest BCUT2D eigenvalue weighted by atomic mass is 9.76. The zero-order valence-corrected chi connectivity index (χ0v) is 27.7. The molecule has 2 aliphatic rings. The standard InChI is InChI=1S/C40H46Cl2N2/c1-27-15-16-29(25-28(27)2)31-18-21-39(35-13-7-5-11-33(31)35)43-23-9-3-4-10-24-44-40-22-19-32(34-12-6-8-14-36(34)40)30-17-20-37(41)38(42)26-30/h5-8,11-17,20,25-26,31-32,39-40,43-44H,3-4,9-10,18-19,21-24H2,1-2H3. The second-order valence-electron chi connectivity index (χ2n) is 13.0. The van der Waals surface area contributed by atoms with Crippen molar-refractivity contribution in [3.63, 3.8) is 0 Å². The normalized spacial score (nSPS) is 21.1. The van der Waals surface area contributed by atoms with Crippen molar-refractivity contribution in [3.05, 3.63) is 139 Å². The van der Waals surface area contributed by atoms with Gasteiger partial charge in [0.05, 0.1) is 10.0 Å². The number of hydrogen-bond donors (Lipinski definition) is 2. The summed E-state index contributed by atoms with van der Waals surface area (Å²) in [5, 5.41) is 9.06. The lowest BCUT2D eigenvalue weighted by Crippen LogP contribution is -2.28. The van der Waals surface area contributed by atoms with Crippen molar-refractivity contribution in [3.8, 4) is 0 Å². The number of fused-ring (bicyclic) bond motifs is 2. The Morgan fingerprint density at radius 2 is 1.02 bits per heavy atom. The molecule has 2 N–H and O–H groups in total. The molecular formula is C40H46Cl2N2. The van der Waals surface area contributed by atoms with Crippen LogP contribution in [0.4, 0.5) is 0 Å². The molecule has 0 fully saturated rings. The van der Waals surface area contributed by atoms with E-state index in [4.69, 9.17) is 23.2 Å². The van der Waals surface area contributed by atoms with E-state index < -0.39 is 0 Å². The Labute approximate surface area is 274 Å². The molecule has 0 saturated carbocycles. The van der Waals surface area contributed by atoms with E-state index in [0.29, 0.717) is 34.0 Å². The first-order valence-corrected chi connectivity index (χ1v) is 17.4. The minimum absolute atomic E-state index is 0.375. The minimum atomic E-state index is 0.375. The topological polar surface area (TPSA) is 24.1 Å². The van der Waals surface area contributed by atoms with Gasteiger partial charge in [-0.1, -0.05) is 109 Å². The van der Waals surface area contributed by atoms with Gasteiger partial charge in [-0.25, -0.2) is 0 Å². The zero-order valence-electron chi connectivity index (χ0n) is 26.2. The average molecular weight is 626 g/mol. The summed E-state index contributed by atoms with van der Waals surface area (Å²) < 4.78 is 0. The highest BCUT2D eigenvalue weighted by Gasteiger charge is 2.29. The molecule has 2 nitrogen and oxygen atoms in total. The van der Waals surface area contributed by atoms with Crippen molar-refractivity contribution in [2.75, 3.05) is 13.1 Å². The van der Waals surface area contributed by atoms with Crippen LogP contribution in [0.2, 0.25) is 10.0 Å². The largest absolute Gasteiger partial charge is 0.310 e. The van der Waals surface area contributed by atoms with Crippen LogP contribution in [0.1, 0.15) is 120 Å². The highest BCUT2D eigenvalue weighted by molar-refractivity contribution is 6.42. The molecule has 0 aromatic heterocycles. The summed E-state index contributed by atoms with van der Waals surface area (Å²) >= 11 is 12.6. The predicted octanol–water partition coefficient (Wildman–Crippen LogP) is 11.0. The third kappa shape index (κ3) is 7.10. The minimum Gasteiger partial charge on any atom is -0.310 e. The average Bonchev–Trinajstić information content (AvgIpc) is 3.05. The number of rotatable bonds is 11. The van der Waals surface area contributed by atoms with Crippen molar-refractivity contribution >= 4 is 23.2 Å².